The van der Waals surface area contributed by atoms with Crippen LogP contribution in [0, 0.1) is 23.0 Å². The van der Waals surface area contributed by atoms with Crippen LogP contribution < -0.4 is 0 Å². The molecule has 0 spiro atoms. The molecule has 1 atom stereocenters. The third-order valence-corrected chi connectivity index (χ3v) is 5.71. The number of aliphatic imine (C=N–C) groups is 1. The number of hydrogen-bond acceptors (Lipinski definition) is 4. The summed E-state index contributed by atoms with van der Waals surface area (Å²) in [5, 5.41) is 12.0. The van der Waals surface area contributed by atoms with Crippen LogP contribution in [0.3, 0.4) is 0 Å². The minimum absolute atomic E-state index is 0. The van der Waals surface area contributed by atoms with E-state index in [2.05, 4.69) is 43.0 Å². The average Bonchev–Trinajstić information content (AvgIpc) is 2.98. The minimum atomic E-state index is -0.366. The summed E-state index contributed by atoms with van der Waals surface area (Å²) in [4.78, 5) is 17.9. The number of nitro groups is 1. The maximum Gasteiger partial charge on any atom is 0.269 e. The van der Waals surface area contributed by atoms with Crippen LogP contribution in [0.4, 0.5) is 11.4 Å². The van der Waals surface area contributed by atoms with Gasteiger partial charge in [0.2, 0.25) is 0 Å². The van der Waals surface area contributed by atoms with Gasteiger partial charge in [0.25, 0.3) is 5.69 Å². The SMILES string of the molecule is Cc1cc([N+](=O)[O-])ccc1/N=C1\SC[C@H](Cc2ccccc2)N1CC(C)C.Cl. The maximum atomic E-state index is 11.0. The van der Waals surface area contributed by atoms with E-state index in [4.69, 9.17) is 4.99 Å². The van der Waals surface area contributed by atoms with Gasteiger partial charge in [0, 0.05) is 30.5 Å². The van der Waals surface area contributed by atoms with Gasteiger partial charge in [0.05, 0.1) is 10.6 Å². The Morgan fingerprint density at radius 2 is 1.96 bits per heavy atom. The van der Waals surface area contributed by atoms with Crippen LogP contribution in [-0.2, 0) is 6.42 Å². The summed E-state index contributed by atoms with van der Waals surface area (Å²) in [5.74, 6) is 1.54. The molecule has 1 aliphatic rings. The van der Waals surface area contributed by atoms with E-state index >= 15 is 0 Å². The molecule has 3 rings (SSSR count). The first-order valence-corrected chi connectivity index (χ1v) is 10.2. The van der Waals surface area contributed by atoms with E-state index in [9.17, 15) is 10.1 Å². The molecule has 0 unspecified atom stereocenters. The maximum absolute atomic E-state index is 11.0. The Bertz CT molecular complexity index is 843. The fraction of sp³-hybridized carbons (Fsp3) is 0.381. The van der Waals surface area contributed by atoms with E-state index in [1.165, 1.54) is 11.6 Å². The van der Waals surface area contributed by atoms with Crippen molar-refractivity contribution in [2.45, 2.75) is 33.2 Å². The standard InChI is InChI=1S/C21H25N3O2S.ClH/c1-15(2)13-23-19(12-17-7-5-4-6-8-17)14-27-21(23)22-20-10-9-18(24(25)26)11-16(20)3;/h4-11,15,19H,12-14H2,1-3H3;1H/b22-21-;/t19-;/m0./s1. The third kappa shape index (κ3) is 5.49. The number of hydrogen-bond donors (Lipinski definition) is 0. The highest BCUT2D eigenvalue weighted by molar-refractivity contribution is 8.14. The quantitative estimate of drug-likeness (QED) is 0.449. The summed E-state index contributed by atoms with van der Waals surface area (Å²) in [7, 11) is 0. The van der Waals surface area contributed by atoms with Gasteiger partial charge in [-0.3, -0.25) is 10.1 Å². The lowest BCUT2D eigenvalue weighted by Crippen LogP contribution is -2.38. The van der Waals surface area contributed by atoms with Gasteiger partial charge in [-0.05, 0) is 36.5 Å². The van der Waals surface area contributed by atoms with E-state index in [1.807, 2.05) is 13.0 Å². The molecule has 0 radical (unpaired) electrons. The molecule has 1 heterocycles. The Hall–Kier alpha value is -2.05. The van der Waals surface area contributed by atoms with E-state index in [0.717, 1.165) is 35.1 Å². The van der Waals surface area contributed by atoms with E-state index in [0.29, 0.717) is 12.0 Å². The van der Waals surface area contributed by atoms with Gasteiger partial charge in [0.15, 0.2) is 5.17 Å². The number of rotatable bonds is 6. The van der Waals surface area contributed by atoms with Gasteiger partial charge in [0.1, 0.15) is 0 Å². The molecular weight excluding hydrogens is 394 g/mol. The Labute approximate surface area is 176 Å². The molecule has 0 saturated carbocycles. The highest BCUT2D eigenvalue weighted by Gasteiger charge is 2.30. The summed E-state index contributed by atoms with van der Waals surface area (Å²) in [6, 6.07) is 15.8. The van der Waals surface area contributed by atoms with E-state index < -0.39 is 0 Å². The van der Waals surface area contributed by atoms with Crippen LogP contribution >= 0.6 is 24.2 Å². The van der Waals surface area contributed by atoms with Crippen molar-refractivity contribution in [1.29, 1.82) is 0 Å². The number of amidine groups is 1. The topological polar surface area (TPSA) is 58.7 Å². The van der Waals surface area contributed by atoms with E-state index in [-0.39, 0.29) is 23.0 Å². The van der Waals surface area contributed by atoms with Crippen molar-refractivity contribution in [1.82, 2.24) is 4.90 Å². The van der Waals surface area contributed by atoms with Crippen molar-refractivity contribution >= 4 is 40.7 Å². The summed E-state index contributed by atoms with van der Waals surface area (Å²) >= 11 is 1.78. The predicted octanol–water partition coefficient (Wildman–Crippen LogP) is 5.63. The van der Waals surface area contributed by atoms with Gasteiger partial charge in [-0.1, -0.05) is 55.9 Å². The molecule has 28 heavy (non-hydrogen) atoms. The summed E-state index contributed by atoms with van der Waals surface area (Å²) in [6.07, 6.45) is 0.999. The van der Waals surface area contributed by atoms with Gasteiger partial charge >= 0.3 is 0 Å². The molecule has 1 aliphatic heterocycles. The molecule has 2 aromatic rings. The number of halogens is 1. The Morgan fingerprint density at radius 1 is 1.25 bits per heavy atom. The molecule has 2 aromatic carbocycles. The van der Waals surface area contributed by atoms with Crippen molar-refractivity contribution in [2.24, 2.45) is 10.9 Å². The zero-order valence-corrected chi connectivity index (χ0v) is 18.0. The molecule has 150 valence electrons. The van der Waals surface area contributed by atoms with Gasteiger partial charge < -0.3 is 4.90 Å². The van der Waals surface area contributed by atoms with Gasteiger partial charge in [-0.2, -0.15) is 0 Å². The summed E-state index contributed by atoms with van der Waals surface area (Å²) in [5.41, 5.74) is 3.08. The lowest BCUT2D eigenvalue weighted by atomic mass is 10.1. The van der Waals surface area contributed by atoms with Gasteiger partial charge in [-0.25, -0.2) is 4.99 Å². The lowest BCUT2D eigenvalue weighted by molar-refractivity contribution is -0.384. The zero-order chi connectivity index (χ0) is 19.4. The summed E-state index contributed by atoms with van der Waals surface area (Å²) in [6.45, 7) is 7.27. The second-order valence-electron chi connectivity index (χ2n) is 7.32. The molecule has 0 N–H and O–H groups in total. The fourth-order valence-electron chi connectivity index (χ4n) is 3.25. The number of aryl methyl sites for hydroxylation is 1. The second kappa shape index (κ2) is 9.94. The highest BCUT2D eigenvalue weighted by atomic mass is 35.5. The molecule has 0 aliphatic carbocycles. The number of nitro benzene ring substituents is 1. The van der Waals surface area contributed by atoms with Crippen molar-refractivity contribution in [3.05, 3.63) is 69.8 Å². The number of nitrogens with zero attached hydrogens (tertiary/aromatic N) is 3. The monoisotopic (exact) mass is 419 g/mol. The molecule has 5 nitrogen and oxygen atoms in total. The Kier molecular flexibility index (Phi) is 7.89. The fourth-order valence-corrected chi connectivity index (χ4v) is 4.45. The minimum Gasteiger partial charge on any atom is -0.347 e. The smallest absolute Gasteiger partial charge is 0.269 e. The number of non-ortho nitro benzene ring substituents is 1. The predicted molar refractivity (Wildman–Crippen MR) is 120 cm³/mol. The van der Waals surface area contributed by atoms with Crippen LogP contribution in [0.25, 0.3) is 0 Å². The lowest BCUT2D eigenvalue weighted by Gasteiger charge is -2.28. The molecule has 0 amide bonds. The van der Waals surface area contributed by atoms with Crippen molar-refractivity contribution in [3.8, 4) is 0 Å². The number of benzene rings is 2. The molecule has 0 aromatic heterocycles. The van der Waals surface area contributed by atoms with E-state index in [1.54, 1.807) is 23.9 Å². The zero-order valence-electron chi connectivity index (χ0n) is 16.4. The molecular formula is C21H26ClN3O2S. The number of thioether (sulfide) groups is 1. The Morgan fingerprint density at radius 3 is 2.57 bits per heavy atom. The van der Waals surface area contributed by atoms with Crippen LogP contribution in [0.2, 0.25) is 0 Å². The first-order valence-electron chi connectivity index (χ1n) is 9.21. The van der Waals surface area contributed by atoms with Crippen LogP contribution in [0.15, 0.2) is 53.5 Å². The van der Waals surface area contributed by atoms with Crippen LogP contribution in [-0.4, -0.2) is 33.3 Å². The van der Waals surface area contributed by atoms with Gasteiger partial charge in [-0.15, -0.1) is 12.4 Å². The largest absolute Gasteiger partial charge is 0.347 e. The normalized spacial score (nSPS) is 17.8. The van der Waals surface area contributed by atoms with Crippen LogP contribution in [0.1, 0.15) is 25.0 Å². The summed E-state index contributed by atoms with van der Waals surface area (Å²) < 4.78 is 0. The third-order valence-electron chi connectivity index (χ3n) is 4.57. The first kappa shape index (κ1) is 22.2. The first-order chi connectivity index (χ1) is 12.9. The molecule has 0 bridgehead atoms. The van der Waals surface area contributed by atoms with Crippen molar-refractivity contribution in [2.75, 3.05) is 12.3 Å². The van der Waals surface area contributed by atoms with Crippen molar-refractivity contribution < 1.29 is 4.92 Å². The highest BCUT2D eigenvalue weighted by Crippen LogP contribution is 2.32. The second-order valence-corrected chi connectivity index (χ2v) is 8.31. The molecule has 7 heteroatoms. The molecule has 1 saturated heterocycles. The van der Waals surface area contributed by atoms with Crippen LogP contribution in [0.5, 0.6) is 0 Å². The molecule has 1 fully saturated rings. The Balaban J connectivity index is 0.00000280. The van der Waals surface area contributed by atoms with Crippen molar-refractivity contribution in [3.63, 3.8) is 0 Å². The average molecular weight is 420 g/mol.